The van der Waals surface area contributed by atoms with Crippen LogP contribution in [0.3, 0.4) is 0 Å². The normalized spacial score (nSPS) is 14.1. The second-order valence-electron chi connectivity index (χ2n) is 10.1. The number of aromatic nitrogens is 4. The van der Waals surface area contributed by atoms with E-state index in [2.05, 4.69) is 15.4 Å². The highest BCUT2D eigenvalue weighted by molar-refractivity contribution is 8.45. The molecule has 2 N–H and O–H groups in total. The van der Waals surface area contributed by atoms with Gasteiger partial charge in [0.2, 0.25) is 0 Å². The molecule has 14 heteroatoms. The molecule has 7 nitrogen and oxygen atoms in total. The van der Waals surface area contributed by atoms with Gasteiger partial charge in [0.1, 0.15) is 10.6 Å². The molecule has 0 saturated carbocycles. The molecule has 0 spiro atoms. The van der Waals surface area contributed by atoms with Crippen molar-refractivity contribution >= 4 is 27.5 Å². The molecule has 5 aromatic rings. The molecule has 2 aromatic carbocycles. The van der Waals surface area contributed by atoms with E-state index in [1.807, 2.05) is 0 Å². The predicted octanol–water partition coefficient (Wildman–Crippen LogP) is 7.77. The van der Waals surface area contributed by atoms with Crippen molar-refractivity contribution in [3.63, 3.8) is 0 Å². The fraction of sp³-hybridized carbons (Fsp3) is 0.148. The zero-order valence-electron chi connectivity index (χ0n) is 21.7. The summed E-state index contributed by atoms with van der Waals surface area (Å²) in [4.78, 5) is 14.7. The maximum absolute atomic E-state index is 15.5. The molecular weight excluding hydrogens is 572 g/mol. The average Bonchev–Trinajstić information content (AvgIpc) is 3.43. The van der Waals surface area contributed by atoms with Crippen molar-refractivity contribution in [2.75, 3.05) is 5.32 Å². The summed E-state index contributed by atoms with van der Waals surface area (Å²) in [6, 6.07) is 8.89. The monoisotopic (exact) mass is 595 g/mol. The van der Waals surface area contributed by atoms with E-state index in [9.17, 15) is 29.3 Å². The van der Waals surface area contributed by atoms with Crippen molar-refractivity contribution in [3.05, 3.63) is 95.8 Å². The number of anilines is 1. The summed E-state index contributed by atoms with van der Waals surface area (Å²) in [5.74, 6) is -1.76. The Kier molecular flexibility index (Phi) is 5.92. The molecule has 3 heterocycles. The van der Waals surface area contributed by atoms with Gasteiger partial charge in [0.25, 0.3) is 5.91 Å². The molecule has 1 amide bonds. The van der Waals surface area contributed by atoms with Crippen LogP contribution in [0.25, 0.3) is 22.6 Å². The maximum Gasteiger partial charge on any atom is 0.310 e. The Morgan fingerprint density at radius 2 is 1.76 bits per heavy atom. The number of hydrogen-bond acceptors (Lipinski definition) is 4. The lowest BCUT2D eigenvalue weighted by molar-refractivity contribution is 0.0782. The van der Waals surface area contributed by atoms with E-state index in [0.29, 0.717) is 16.8 Å². The maximum atomic E-state index is 15.5. The van der Waals surface area contributed by atoms with E-state index in [1.165, 1.54) is 39.8 Å². The summed E-state index contributed by atoms with van der Waals surface area (Å²) >= 11 is 0. The summed E-state index contributed by atoms with van der Waals surface area (Å²) < 4.78 is 86.6. The van der Waals surface area contributed by atoms with Crippen LogP contribution in [0.15, 0.2) is 78.2 Å². The zero-order valence-corrected chi connectivity index (χ0v) is 22.6. The first kappa shape index (κ1) is 28.2. The van der Waals surface area contributed by atoms with Crippen LogP contribution in [0.4, 0.5) is 29.5 Å². The number of halogens is 6. The number of imidazole rings is 1. The van der Waals surface area contributed by atoms with Crippen LogP contribution in [0, 0.1) is 12.7 Å². The van der Waals surface area contributed by atoms with Gasteiger partial charge in [-0.1, -0.05) is 25.5 Å². The van der Waals surface area contributed by atoms with Gasteiger partial charge in [-0.2, -0.15) is 5.10 Å². The highest BCUT2D eigenvalue weighted by Crippen LogP contribution is 3.02. The average molecular weight is 596 g/mol. The first-order chi connectivity index (χ1) is 18.8. The smallest absolute Gasteiger partial charge is 0.310 e. The van der Waals surface area contributed by atoms with Gasteiger partial charge in [0, 0.05) is 41.6 Å². The number of aryl methyl sites for hydroxylation is 1. The number of nitrogens with one attached hydrogen (secondary N) is 1. The first-order valence-electron chi connectivity index (χ1n) is 12.0. The predicted molar refractivity (Wildman–Crippen MR) is 143 cm³/mol. The molecule has 0 unspecified atom stereocenters. The van der Waals surface area contributed by atoms with Gasteiger partial charge in [-0.05, 0) is 74.4 Å². The number of aliphatic hydroxyl groups is 1. The van der Waals surface area contributed by atoms with E-state index in [4.69, 9.17) is 0 Å². The lowest BCUT2D eigenvalue weighted by Gasteiger charge is -2.41. The molecule has 0 bridgehead atoms. The number of hydrogen-bond donors (Lipinski definition) is 2. The molecule has 0 radical (unpaired) electrons. The van der Waals surface area contributed by atoms with Crippen LogP contribution in [0.5, 0.6) is 0 Å². The molecule has 0 fully saturated rings. The van der Waals surface area contributed by atoms with Crippen LogP contribution in [-0.2, 0) is 5.60 Å². The van der Waals surface area contributed by atoms with Gasteiger partial charge < -0.3 is 10.4 Å². The number of benzene rings is 2. The lowest BCUT2D eigenvalue weighted by atomic mass is 9.96. The number of pyridine rings is 1. The Bertz CT molecular complexity index is 1830. The van der Waals surface area contributed by atoms with Gasteiger partial charge in [-0.15, -0.1) is 0 Å². The molecule has 0 aliphatic carbocycles. The SMILES string of the molecule is Cc1ccc(NC(=O)c2cc(C(C)(C)O)cc(S(F)(F)(F)(F)F)c2)cc1-n1ccn2nc(-c3cccnc3)c(F)c12. The third kappa shape index (κ3) is 5.52. The number of amides is 1. The quantitative estimate of drug-likeness (QED) is 0.197. The highest BCUT2D eigenvalue weighted by atomic mass is 32.5. The summed E-state index contributed by atoms with van der Waals surface area (Å²) in [6.07, 6.45) is 6.07. The molecule has 3 aromatic heterocycles. The zero-order chi connectivity index (χ0) is 30.0. The Morgan fingerprint density at radius 1 is 1.02 bits per heavy atom. The minimum Gasteiger partial charge on any atom is -0.386 e. The molecular formula is C27H23F6N5O2S. The van der Waals surface area contributed by atoms with Crippen LogP contribution >= 0.6 is 10.2 Å². The Labute approximate surface area is 229 Å². The largest absolute Gasteiger partial charge is 0.386 e. The van der Waals surface area contributed by atoms with Crippen LogP contribution in [0.1, 0.15) is 35.3 Å². The number of rotatable bonds is 6. The van der Waals surface area contributed by atoms with E-state index in [0.717, 1.165) is 19.9 Å². The second-order valence-corrected chi connectivity index (χ2v) is 12.5. The van der Waals surface area contributed by atoms with Gasteiger partial charge in [0.05, 0.1) is 11.3 Å². The third-order valence-corrected chi connectivity index (χ3v) is 7.52. The lowest BCUT2D eigenvalue weighted by Crippen LogP contribution is -2.20. The number of fused-ring (bicyclic) bond motifs is 1. The summed E-state index contributed by atoms with van der Waals surface area (Å²) in [6.45, 7) is 3.94. The molecule has 216 valence electrons. The fourth-order valence-corrected chi connectivity index (χ4v) is 4.96. The third-order valence-electron chi connectivity index (χ3n) is 6.40. The number of carbonyl (C=O) groups is 1. The standard InChI is InChI=1S/C27H23F6N5O2S/c1-16-6-7-20(35-25(39)18-11-19(27(2,3)40)13-21(12-18)41(29,30,31,32)33)14-22(16)37-9-10-38-26(37)23(28)24(36-38)17-5-4-8-34-15-17/h4-15,40H,1-3H3,(H,35,39). The summed E-state index contributed by atoms with van der Waals surface area (Å²) in [7, 11) is -10.2. The fourth-order valence-electron chi connectivity index (χ4n) is 4.26. The van der Waals surface area contributed by atoms with Gasteiger partial charge in [0.15, 0.2) is 11.5 Å². The second kappa shape index (κ2) is 8.60. The molecule has 0 aliphatic rings. The van der Waals surface area contributed by atoms with Crippen LogP contribution in [-0.4, -0.2) is 30.2 Å². The molecule has 0 saturated heterocycles. The van der Waals surface area contributed by atoms with Crippen LogP contribution < -0.4 is 5.32 Å². The van der Waals surface area contributed by atoms with E-state index in [-0.39, 0.29) is 29.2 Å². The van der Waals surface area contributed by atoms with Crippen molar-refractivity contribution in [1.82, 2.24) is 19.2 Å². The van der Waals surface area contributed by atoms with Gasteiger partial charge in [-0.3, -0.25) is 14.3 Å². The minimum atomic E-state index is -10.2. The van der Waals surface area contributed by atoms with Gasteiger partial charge in [-0.25, -0.2) is 8.91 Å². The highest BCUT2D eigenvalue weighted by Gasteiger charge is 2.65. The van der Waals surface area contributed by atoms with Gasteiger partial charge >= 0.3 is 10.2 Å². The van der Waals surface area contributed by atoms with Crippen molar-refractivity contribution < 1.29 is 33.7 Å². The number of nitrogens with zero attached hydrogens (tertiary/aromatic N) is 4. The minimum absolute atomic E-state index is 0.0539. The molecule has 41 heavy (non-hydrogen) atoms. The van der Waals surface area contributed by atoms with Crippen LogP contribution in [0.2, 0.25) is 0 Å². The molecule has 0 aliphatic heterocycles. The van der Waals surface area contributed by atoms with E-state index >= 15 is 4.39 Å². The molecule has 0 atom stereocenters. The Hall–Kier alpha value is -4.30. The van der Waals surface area contributed by atoms with E-state index < -0.39 is 43.6 Å². The summed E-state index contributed by atoms with van der Waals surface area (Å²) in [5.41, 5.74) is -1.45. The Balaban J connectivity index is 1.54. The van der Waals surface area contributed by atoms with E-state index in [1.54, 1.807) is 31.3 Å². The number of carbonyl (C=O) groups excluding carboxylic acids is 1. The van der Waals surface area contributed by atoms with Crippen molar-refractivity contribution in [3.8, 4) is 16.9 Å². The van der Waals surface area contributed by atoms with Crippen molar-refractivity contribution in [1.29, 1.82) is 0 Å². The Morgan fingerprint density at radius 3 is 2.39 bits per heavy atom. The summed E-state index contributed by atoms with van der Waals surface area (Å²) in [5, 5.41) is 16.9. The topological polar surface area (TPSA) is 84.5 Å². The van der Waals surface area contributed by atoms with Crippen molar-refractivity contribution in [2.24, 2.45) is 0 Å². The molecule has 5 rings (SSSR count). The first-order valence-corrected chi connectivity index (χ1v) is 14.0. The van der Waals surface area contributed by atoms with Crippen molar-refractivity contribution in [2.45, 2.75) is 31.3 Å².